The Hall–Kier alpha value is -1.28. The Morgan fingerprint density at radius 1 is 0.941 bits per heavy atom. The predicted octanol–water partition coefficient (Wildman–Crippen LogP) is 4.90. The molecule has 0 N–H and O–H groups in total. The van der Waals surface area contributed by atoms with E-state index in [0.717, 1.165) is 4.90 Å². The second-order valence-corrected chi connectivity index (χ2v) is 5.31. The van der Waals surface area contributed by atoms with E-state index in [-0.39, 0.29) is 5.82 Å². The minimum atomic E-state index is -0.156. The van der Waals surface area contributed by atoms with E-state index in [9.17, 15) is 4.39 Å². The smallest absolute Gasteiger partial charge is 0.137 e. The van der Waals surface area contributed by atoms with Crippen LogP contribution in [0.3, 0.4) is 0 Å². The van der Waals surface area contributed by atoms with Gasteiger partial charge in [-0.2, -0.15) is 0 Å². The molecular weight excluding hydrogens is 231 g/mol. The number of hydrogen-bond donors (Lipinski definition) is 0. The molecule has 0 radical (unpaired) electrons. The van der Waals surface area contributed by atoms with Gasteiger partial charge in [0, 0.05) is 9.79 Å². The summed E-state index contributed by atoms with van der Waals surface area (Å²) in [5, 5.41) is 0. The summed E-state index contributed by atoms with van der Waals surface area (Å²) in [7, 11) is 0. The summed E-state index contributed by atoms with van der Waals surface area (Å²) >= 11 is 1.50. The summed E-state index contributed by atoms with van der Waals surface area (Å²) in [6.07, 6.45) is 0. The molecule has 0 aliphatic carbocycles. The molecule has 0 nitrogen and oxygen atoms in total. The second kappa shape index (κ2) is 4.92. The highest BCUT2D eigenvalue weighted by Gasteiger charge is 2.08. The zero-order chi connectivity index (χ0) is 12.4. The summed E-state index contributed by atoms with van der Waals surface area (Å²) in [4.78, 5) is 1.84. The first-order chi connectivity index (χ1) is 8.08. The van der Waals surface area contributed by atoms with Crippen LogP contribution in [0.25, 0.3) is 0 Å². The van der Waals surface area contributed by atoms with Gasteiger partial charge in [-0.05, 0) is 44.0 Å². The quantitative estimate of drug-likeness (QED) is 0.726. The summed E-state index contributed by atoms with van der Waals surface area (Å²) in [6.45, 7) is 6.23. The Balaban J connectivity index is 2.40. The average Bonchev–Trinajstić information content (AvgIpc) is 2.25. The highest BCUT2D eigenvalue weighted by Crippen LogP contribution is 2.34. The summed E-state index contributed by atoms with van der Waals surface area (Å²) in [5.74, 6) is -0.156. The largest absolute Gasteiger partial charge is 0.206 e. The van der Waals surface area contributed by atoms with E-state index >= 15 is 0 Å². The van der Waals surface area contributed by atoms with Crippen LogP contribution in [0.2, 0.25) is 0 Å². The third-order valence-corrected chi connectivity index (χ3v) is 4.05. The van der Waals surface area contributed by atoms with Gasteiger partial charge < -0.3 is 0 Å². The maximum absolute atomic E-state index is 13.6. The summed E-state index contributed by atoms with van der Waals surface area (Å²) in [6, 6.07) is 11.2. The normalized spacial score (nSPS) is 10.6. The topological polar surface area (TPSA) is 0 Å². The third kappa shape index (κ3) is 2.70. The van der Waals surface area contributed by atoms with E-state index in [2.05, 4.69) is 32.9 Å². The molecule has 0 spiro atoms. The van der Waals surface area contributed by atoms with Crippen LogP contribution >= 0.6 is 11.8 Å². The molecular formula is C15H15FS. The molecule has 0 aliphatic rings. The molecule has 0 fully saturated rings. The number of benzene rings is 2. The molecule has 2 aromatic rings. The summed E-state index contributed by atoms with van der Waals surface area (Å²) < 4.78 is 13.6. The van der Waals surface area contributed by atoms with E-state index in [1.165, 1.54) is 34.5 Å². The van der Waals surface area contributed by atoms with Crippen molar-refractivity contribution in [2.75, 3.05) is 0 Å². The zero-order valence-electron chi connectivity index (χ0n) is 10.3. The van der Waals surface area contributed by atoms with Crippen molar-refractivity contribution in [2.24, 2.45) is 0 Å². The zero-order valence-corrected chi connectivity index (χ0v) is 11.1. The molecule has 0 amide bonds. The molecule has 17 heavy (non-hydrogen) atoms. The van der Waals surface area contributed by atoms with Gasteiger partial charge >= 0.3 is 0 Å². The van der Waals surface area contributed by atoms with Crippen LogP contribution in [0.15, 0.2) is 46.2 Å². The lowest BCUT2D eigenvalue weighted by molar-refractivity contribution is 0.602. The van der Waals surface area contributed by atoms with Gasteiger partial charge in [0.05, 0.1) is 0 Å². The fourth-order valence-electron chi connectivity index (χ4n) is 1.97. The van der Waals surface area contributed by atoms with Crippen molar-refractivity contribution in [1.29, 1.82) is 0 Å². The van der Waals surface area contributed by atoms with Crippen LogP contribution in [0.1, 0.15) is 16.7 Å². The van der Waals surface area contributed by atoms with Crippen molar-refractivity contribution in [1.82, 2.24) is 0 Å². The van der Waals surface area contributed by atoms with Crippen LogP contribution in [-0.2, 0) is 0 Å². The van der Waals surface area contributed by atoms with Gasteiger partial charge in [0.2, 0.25) is 0 Å². The fourth-order valence-corrected chi connectivity index (χ4v) is 2.94. The summed E-state index contributed by atoms with van der Waals surface area (Å²) in [5.41, 5.74) is 3.66. The second-order valence-electron chi connectivity index (χ2n) is 4.26. The third-order valence-electron chi connectivity index (χ3n) is 2.65. The Morgan fingerprint density at radius 2 is 1.53 bits per heavy atom. The molecule has 0 bridgehead atoms. The van der Waals surface area contributed by atoms with E-state index in [1.54, 1.807) is 6.07 Å². The van der Waals surface area contributed by atoms with Crippen molar-refractivity contribution < 1.29 is 4.39 Å². The number of halogens is 1. The first-order valence-electron chi connectivity index (χ1n) is 5.58. The molecule has 2 aromatic carbocycles. The number of rotatable bonds is 2. The van der Waals surface area contributed by atoms with Gasteiger partial charge in [-0.1, -0.05) is 41.6 Å². The standard InChI is InChI=1S/C15H15FS/c1-10-8-11(2)15(12(3)9-10)17-14-7-5-4-6-13(14)16/h4-9H,1-3H3. The van der Waals surface area contributed by atoms with Crippen LogP contribution < -0.4 is 0 Å². The minimum Gasteiger partial charge on any atom is -0.206 e. The Kier molecular flexibility index (Phi) is 3.53. The van der Waals surface area contributed by atoms with E-state index in [0.29, 0.717) is 4.90 Å². The number of aryl methyl sites for hydroxylation is 3. The molecule has 0 aliphatic heterocycles. The average molecular weight is 246 g/mol. The molecule has 0 aromatic heterocycles. The first kappa shape index (κ1) is 12.2. The van der Waals surface area contributed by atoms with Crippen LogP contribution in [0.5, 0.6) is 0 Å². The van der Waals surface area contributed by atoms with E-state index < -0.39 is 0 Å². The van der Waals surface area contributed by atoms with Gasteiger partial charge in [0.1, 0.15) is 5.82 Å². The lowest BCUT2D eigenvalue weighted by atomic mass is 10.1. The van der Waals surface area contributed by atoms with Crippen LogP contribution in [0.4, 0.5) is 4.39 Å². The predicted molar refractivity (Wildman–Crippen MR) is 71.2 cm³/mol. The molecule has 0 unspecified atom stereocenters. The number of hydrogen-bond acceptors (Lipinski definition) is 1. The van der Waals surface area contributed by atoms with Crippen molar-refractivity contribution in [3.63, 3.8) is 0 Å². The minimum absolute atomic E-state index is 0.156. The maximum Gasteiger partial charge on any atom is 0.137 e. The van der Waals surface area contributed by atoms with Crippen molar-refractivity contribution >= 4 is 11.8 Å². The van der Waals surface area contributed by atoms with Gasteiger partial charge in [0.15, 0.2) is 0 Å². The SMILES string of the molecule is Cc1cc(C)c(Sc2ccccc2F)c(C)c1. The van der Waals surface area contributed by atoms with Crippen LogP contribution in [-0.4, -0.2) is 0 Å². The highest BCUT2D eigenvalue weighted by molar-refractivity contribution is 7.99. The van der Waals surface area contributed by atoms with Gasteiger partial charge in [-0.25, -0.2) is 4.39 Å². The molecule has 2 rings (SSSR count). The molecule has 88 valence electrons. The molecule has 0 heterocycles. The maximum atomic E-state index is 13.6. The monoisotopic (exact) mass is 246 g/mol. The van der Waals surface area contributed by atoms with Crippen LogP contribution in [0, 0.1) is 26.6 Å². The molecule has 0 atom stereocenters. The lowest BCUT2D eigenvalue weighted by Crippen LogP contribution is -1.89. The van der Waals surface area contributed by atoms with Crippen molar-refractivity contribution in [3.8, 4) is 0 Å². The van der Waals surface area contributed by atoms with E-state index in [1.807, 2.05) is 12.1 Å². The lowest BCUT2D eigenvalue weighted by Gasteiger charge is -2.11. The Labute approximate surface area is 106 Å². The van der Waals surface area contributed by atoms with Gasteiger partial charge in [0.25, 0.3) is 0 Å². The Bertz CT molecular complexity index is 523. The van der Waals surface area contributed by atoms with E-state index in [4.69, 9.17) is 0 Å². The first-order valence-corrected chi connectivity index (χ1v) is 6.40. The molecule has 0 saturated heterocycles. The highest BCUT2D eigenvalue weighted by atomic mass is 32.2. The van der Waals surface area contributed by atoms with Gasteiger partial charge in [-0.15, -0.1) is 0 Å². The van der Waals surface area contributed by atoms with Crippen molar-refractivity contribution in [3.05, 3.63) is 58.9 Å². The van der Waals surface area contributed by atoms with Gasteiger partial charge in [-0.3, -0.25) is 0 Å². The molecule has 0 saturated carbocycles. The molecule has 2 heteroatoms. The fraction of sp³-hybridized carbons (Fsp3) is 0.200. The van der Waals surface area contributed by atoms with Crippen molar-refractivity contribution in [2.45, 2.75) is 30.6 Å². The Morgan fingerprint density at radius 3 is 2.12 bits per heavy atom.